The fraction of sp³-hybridized carbons (Fsp3) is 0.667. The summed E-state index contributed by atoms with van der Waals surface area (Å²) in [5, 5.41) is 2.99. The third kappa shape index (κ3) is 4.22. The summed E-state index contributed by atoms with van der Waals surface area (Å²) in [6, 6.07) is 3.64. The van der Waals surface area contributed by atoms with Gasteiger partial charge in [0.15, 0.2) is 0 Å². The Morgan fingerprint density at radius 1 is 1.48 bits per heavy atom. The largest absolute Gasteiger partial charge is 0.478 e. The van der Waals surface area contributed by atoms with Crippen LogP contribution in [0.15, 0.2) is 12.1 Å². The number of nitrogens with one attached hydrogen (secondary N) is 1. The summed E-state index contributed by atoms with van der Waals surface area (Å²) in [7, 11) is 1.63. The third-order valence-electron chi connectivity index (χ3n) is 4.52. The highest BCUT2D eigenvalue weighted by Gasteiger charge is 2.42. The van der Waals surface area contributed by atoms with Crippen LogP contribution in [0.5, 0.6) is 5.88 Å². The molecular formula is C18H28N2O3. The highest BCUT2D eigenvalue weighted by Crippen LogP contribution is 2.36. The SMILES string of the molecule is CCCOc1ccc(NC(=O)[C@]2(OC)CCC[C@H](C)C2)c(C)n1. The van der Waals surface area contributed by atoms with Gasteiger partial charge in [0.05, 0.1) is 18.0 Å². The van der Waals surface area contributed by atoms with Crippen LogP contribution in [-0.4, -0.2) is 30.2 Å². The molecule has 1 saturated carbocycles. The first-order valence-electron chi connectivity index (χ1n) is 8.48. The minimum absolute atomic E-state index is 0.0707. The Morgan fingerprint density at radius 2 is 2.26 bits per heavy atom. The summed E-state index contributed by atoms with van der Waals surface area (Å²) in [6.45, 7) is 6.74. The second-order valence-corrected chi connectivity index (χ2v) is 6.48. The summed E-state index contributed by atoms with van der Waals surface area (Å²) in [5.74, 6) is 1.02. The molecule has 0 saturated heterocycles. The molecule has 0 aromatic carbocycles. The number of carbonyl (C=O) groups excluding carboxylic acids is 1. The predicted octanol–water partition coefficient (Wildman–Crippen LogP) is 3.71. The van der Waals surface area contributed by atoms with Crippen molar-refractivity contribution in [2.45, 2.75) is 58.5 Å². The molecule has 1 aliphatic rings. The van der Waals surface area contributed by atoms with E-state index in [1.54, 1.807) is 13.2 Å². The van der Waals surface area contributed by atoms with Gasteiger partial charge in [-0.1, -0.05) is 20.3 Å². The summed E-state index contributed by atoms with van der Waals surface area (Å²) < 4.78 is 11.2. The van der Waals surface area contributed by atoms with Crippen LogP contribution in [0.25, 0.3) is 0 Å². The van der Waals surface area contributed by atoms with Crippen molar-refractivity contribution in [2.75, 3.05) is 19.0 Å². The van der Waals surface area contributed by atoms with Gasteiger partial charge in [0.2, 0.25) is 5.88 Å². The molecule has 1 aromatic heterocycles. The van der Waals surface area contributed by atoms with E-state index >= 15 is 0 Å². The maximum absolute atomic E-state index is 12.8. The van der Waals surface area contributed by atoms with Crippen LogP contribution >= 0.6 is 0 Å². The molecule has 128 valence electrons. The molecule has 5 nitrogen and oxygen atoms in total. The van der Waals surface area contributed by atoms with Crippen LogP contribution in [0.4, 0.5) is 5.69 Å². The van der Waals surface area contributed by atoms with Crippen molar-refractivity contribution in [1.82, 2.24) is 4.98 Å². The zero-order valence-electron chi connectivity index (χ0n) is 14.6. The summed E-state index contributed by atoms with van der Waals surface area (Å²) in [6.07, 6.45) is 4.64. The Kier molecular flexibility index (Phi) is 5.99. The van der Waals surface area contributed by atoms with E-state index in [4.69, 9.17) is 9.47 Å². The Morgan fingerprint density at radius 3 is 2.87 bits per heavy atom. The molecule has 23 heavy (non-hydrogen) atoms. The normalized spacial score (nSPS) is 24.3. The van der Waals surface area contributed by atoms with Gasteiger partial charge < -0.3 is 14.8 Å². The standard InChI is InChI=1S/C18H28N2O3/c1-5-11-23-16-9-8-15(14(3)19-16)20-17(21)18(22-4)10-6-7-13(2)12-18/h8-9,13H,5-7,10-12H2,1-4H3,(H,20,21)/t13-,18-/m0/s1. The number of aromatic nitrogens is 1. The lowest BCUT2D eigenvalue weighted by molar-refractivity contribution is -0.143. The van der Waals surface area contributed by atoms with Gasteiger partial charge in [-0.05, 0) is 44.6 Å². The van der Waals surface area contributed by atoms with Gasteiger partial charge in [-0.2, -0.15) is 0 Å². The van der Waals surface area contributed by atoms with E-state index in [1.165, 1.54) is 0 Å². The lowest BCUT2D eigenvalue weighted by atomic mass is 9.78. The number of rotatable bonds is 6. The number of anilines is 1. The van der Waals surface area contributed by atoms with Crippen molar-refractivity contribution in [2.24, 2.45) is 5.92 Å². The molecule has 1 aliphatic carbocycles. The second-order valence-electron chi connectivity index (χ2n) is 6.48. The van der Waals surface area contributed by atoms with Crippen molar-refractivity contribution in [3.63, 3.8) is 0 Å². The quantitative estimate of drug-likeness (QED) is 0.868. The van der Waals surface area contributed by atoms with E-state index in [0.717, 1.165) is 37.8 Å². The predicted molar refractivity (Wildman–Crippen MR) is 90.8 cm³/mol. The average Bonchev–Trinajstić information content (AvgIpc) is 2.54. The Labute approximate surface area is 138 Å². The molecule has 2 atom stereocenters. The van der Waals surface area contributed by atoms with Crippen molar-refractivity contribution < 1.29 is 14.3 Å². The summed E-state index contributed by atoms with van der Waals surface area (Å²) in [5.41, 5.74) is 0.747. The average molecular weight is 320 g/mol. The molecule has 5 heteroatoms. The Hall–Kier alpha value is -1.62. The maximum atomic E-state index is 12.8. The van der Waals surface area contributed by atoms with Gasteiger partial charge in [-0.25, -0.2) is 4.98 Å². The van der Waals surface area contributed by atoms with Crippen molar-refractivity contribution >= 4 is 11.6 Å². The number of hydrogen-bond acceptors (Lipinski definition) is 4. The van der Waals surface area contributed by atoms with E-state index < -0.39 is 5.60 Å². The molecule has 2 rings (SSSR count). The van der Waals surface area contributed by atoms with E-state index in [-0.39, 0.29) is 5.91 Å². The molecule has 1 fully saturated rings. The monoisotopic (exact) mass is 320 g/mol. The molecule has 0 bridgehead atoms. The molecule has 0 radical (unpaired) electrons. The number of amides is 1. The van der Waals surface area contributed by atoms with Crippen LogP contribution in [0.3, 0.4) is 0 Å². The molecule has 0 unspecified atom stereocenters. The molecule has 0 spiro atoms. The zero-order chi connectivity index (χ0) is 16.9. The van der Waals surface area contributed by atoms with Crippen LogP contribution < -0.4 is 10.1 Å². The van der Waals surface area contributed by atoms with E-state index in [1.807, 2.05) is 13.0 Å². The minimum atomic E-state index is -0.721. The summed E-state index contributed by atoms with van der Waals surface area (Å²) in [4.78, 5) is 17.2. The van der Waals surface area contributed by atoms with Crippen LogP contribution in [0.1, 0.15) is 51.6 Å². The Bertz CT molecular complexity index is 547. The lowest BCUT2D eigenvalue weighted by Gasteiger charge is -2.37. The highest BCUT2D eigenvalue weighted by atomic mass is 16.5. The van der Waals surface area contributed by atoms with Crippen LogP contribution in [0.2, 0.25) is 0 Å². The minimum Gasteiger partial charge on any atom is -0.478 e. The molecule has 1 heterocycles. The third-order valence-corrected chi connectivity index (χ3v) is 4.52. The number of ether oxygens (including phenoxy) is 2. The van der Waals surface area contributed by atoms with Crippen LogP contribution in [-0.2, 0) is 9.53 Å². The summed E-state index contributed by atoms with van der Waals surface area (Å²) >= 11 is 0. The molecule has 1 N–H and O–H groups in total. The number of pyridine rings is 1. The fourth-order valence-corrected chi connectivity index (χ4v) is 3.18. The molecular weight excluding hydrogens is 292 g/mol. The smallest absolute Gasteiger partial charge is 0.256 e. The molecule has 1 aromatic rings. The van der Waals surface area contributed by atoms with Gasteiger partial charge in [0, 0.05) is 13.2 Å². The maximum Gasteiger partial charge on any atom is 0.256 e. The van der Waals surface area contributed by atoms with Gasteiger partial charge in [0.1, 0.15) is 5.60 Å². The van der Waals surface area contributed by atoms with E-state index in [2.05, 4.69) is 24.1 Å². The number of methoxy groups -OCH3 is 1. The first-order valence-corrected chi connectivity index (χ1v) is 8.48. The number of nitrogens with zero attached hydrogens (tertiary/aromatic N) is 1. The first kappa shape index (κ1) is 17.7. The number of aryl methyl sites for hydroxylation is 1. The van der Waals surface area contributed by atoms with Gasteiger partial charge in [-0.15, -0.1) is 0 Å². The lowest BCUT2D eigenvalue weighted by Crippen LogP contribution is -2.48. The second kappa shape index (κ2) is 7.77. The zero-order valence-corrected chi connectivity index (χ0v) is 14.6. The van der Waals surface area contributed by atoms with E-state index in [9.17, 15) is 4.79 Å². The first-order chi connectivity index (χ1) is 11.0. The van der Waals surface area contributed by atoms with Crippen molar-refractivity contribution in [1.29, 1.82) is 0 Å². The molecule has 0 aliphatic heterocycles. The number of hydrogen-bond donors (Lipinski definition) is 1. The van der Waals surface area contributed by atoms with Crippen molar-refractivity contribution in [3.05, 3.63) is 17.8 Å². The Balaban J connectivity index is 2.09. The highest BCUT2D eigenvalue weighted by molar-refractivity contribution is 5.97. The fourth-order valence-electron chi connectivity index (χ4n) is 3.18. The molecule has 1 amide bonds. The van der Waals surface area contributed by atoms with E-state index in [0.29, 0.717) is 24.1 Å². The van der Waals surface area contributed by atoms with Gasteiger partial charge >= 0.3 is 0 Å². The number of carbonyl (C=O) groups is 1. The van der Waals surface area contributed by atoms with Crippen molar-refractivity contribution in [3.8, 4) is 5.88 Å². The van der Waals surface area contributed by atoms with Gasteiger partial charge in [-0.3, -0.25) is 4.79 Å². The topological polar surface area (TPSA) is 60.5 Å². The van der Waals surface area contributed by atoms with Gasteiger partial charge in [0.25, 0.3) is 5.91 Å². The van der Waals surface area contributed by atoms with Crippen LogP contribution in [0, 0.1) is 12.8 Å².